The number of benzene rings is 12. The Bertz CT molecular complexity index is 4770. The monoisotopic (exact) mass is 1150 g/mol. The molecule has 0 aliphatic rings. The fraction of sp³-hybridized carbons (Fsp3) is 0.0375. The van der Waals surface area contributed by atoms with Crippen molar-refractivity contribution in [3.05, 3.63) is 321 Å². The standard InChI is InChI=1S/C28H21N3.2C26H19N3/c1-20-29-27(25-16-12-23(13-17-25)21-8-4-2-5-9-21)31-28(30-20)26-18-14-24(15-19-26)22-10-6-3-7-11-22;1-18-27-25(21-8-3-2-4-9-21)29-26(28-18)22-14-11-20(12-15-22)24-16-13-19-7-5-6-10-23(19)17-24;1-18-27-25(22-14-11-21(12-15-22)19-7-3-2-4-8-19)29-26(28-18)24-16-13-20-9-5-6-10-23(20)17-24/h2-19H,1H3;2*2-17H,1H3. The van der Waals surface area contributed by atoms with Gasteiger partial charge in [0.15, 0.2) is 34.9 Å². The molecule has 9 nitrogen and oxygen atoms in total. The molecule has 0 unspecified atom stereocenters. The van der Waals surface area contributed by atoms with Crippen molar-refractivity contribution in [2.24, 2.45) is 0 Å². The molecule has 12 aromatic carbocycles. The molecule has 15 rings (SSSR count). The van der Waals surface area contributed by atoms with E-state index in [9.17, 15) is 0 Å². The predicted molar refractivity (Wildman–Crippen MR) is 363 cm³/mol. The fourth-order valence-electron chi connectivity index (χ4n) is 10.6. The van der Waals surface area contributed by atoms with Gasteiger partial charge in [-0.25, -0.2) is 44.9 Å². The molecule has 3 aromatic heterocycles. The lowest BCUT2D eigenvalue weighted by atomic mass is 10.0. The molecule has 0 aliphatic carbocycles. The third kappa shape index (κ3) is 13.5. The average Bonchev–Trinajstić information content (AvgIpc) is 2.90. The van der Waals surface area contributed by atoms with Crippen LogP contribution in [0.4, 0.5) is 0 Å². The molecule has 0 radical (unpaired) electrons. The summed E-state index contributed by atoms with van der Waals surface area (Å²) in [6.45, 7) is 5.72. The summed E-state index contributed by atoms with van der Waals surface area (Å²) in [7, 11) is 0. The molecule has 9 heteroatoms. The molecule has 0 bridgehead atoms. The molecular formula is C80H59N9. The third-order valence-electron chi connectivity index (χ3n) is 15.3. The van der Waals surface area contributed by atoms with E-state index in [1.807, 2.05) is 106 Å². The van der Waals surface area contributed by atoms with Crippen LogP contribution in [0.15, 0.2) is 303 Å². The van der Waals surface area contributed by atoms with Gasteiger partial charge in [0.2, 0.25) is 0 Å². The summed E-state index contributed by atoms with van der Waals surface area (Å²) >= 11 is 0. The maximum absolute atomic E-state index is 4.76. The molecule has 0 saturated carbocycles. The van der Waals surface area contributed by atoms with E-state index in [0.717, 1.165) is 33.4 Å². The van der Waals surface area contributed by atoms with Gasteiger partial charge >= 0.3 is 0 Å². The van der Waals surface area contributed by atoms with Crippen molar-refractivity contribution in [2.75, 3.05) is 0 Å². The first-order valence-corrected chi connectivity index (χ1v) is 29.6. The lowest BCUT2D eigenvalue weighted by Gasteiger charge is -2.08. The number of nitrogens with zero attached hydrogens (tertiary/aromatic N) is 9. The first kappa shape index (κ1) is 56.3. The molecule has 424 valence electrons. The number of rotatable bonds is 10. The van der Waals surface area contributed by atoms with E-state index in [4.69, 9.17) is 15.0 Å². The Morgan fingerprint density at radius 2 is 0.337 bits per heavy atom. The third-order valence-corrected chi connectivity index (χ3v) is 15.3. The van der Waals surface area contributed by atoms with Gasteiger partial charge in [-0.15, -0.1) is 0 Å². The SMILES string of the molecule is Cc1nc(-c2ccc(-c3ccccc3)cc2)nc(-c2ccc(-c3ccccc3)cc2)n1.Cc1nc(-c2ccc(-c3ccccc3)cc2)nc(-c2ccc3ccccc3c2)n1.Cc1nc(-c2ccccc2)nc(-c2ccc(-c3ccc4ccccc4c3)cc2)n1. The van der Waals surface area contributed by atoms with Crippen LogP contribution in [0.5, 0.6) is 0 Å². The van der Waals surface area contributed by atoms with E-state index in [0.29, 0.717) is 52.4 Å². The maximum atomic E-state index is 4.76. The second-order valence-corrected chi connectivity index (χ2v) is 21.5. The van der Waals surface area contributed by atoms with Gasteiger partial charge in [0.05, 0.1) is 0 Å². The zero-order valence-electron chi connectivity index (χ0n) is 49.4. The molecule has 0 aliphatic heterocycles. The maximum Gasteiger partial charge on any atom is 0.163 e. The normalized spacial score (nSPS) is 10.9. The molecule has 0 fully saturated rings. The van der Waals surface area contributed by atoms with Crippen LogP contribution in [0.25, 0.3) is 134 Å². The van der Waals surface area contributed by atoms with E-state index in [-0.39, 0.29) is 0 Å². The fourth-order valence-corrected chi connectivity index (χ4v) is 10.6. The van der Waals surface area contributed by atoms with Crippen molar-refractivity contribution in [1.82, 2.24) is 44.9 Å². The van der Waals surface area contributed by atoms with Crippen LogP contribution in [0.3, 0.4) is 0 Å². The zero-order valence-corrected chi connectivity index (χ0v) is 49.4. The number of hydrogen-bond donors (Lipinski definition) is 0. The highest BCUT2D eigenvalue weighted by atomic mass is 15.0. The van der Waals surface area contributed by atoms with Crippen molar-refractivity contribution >= 4 is 21.5 Å². The largest absolute Gasteiger partial charge is 0.213 e. The quantitative estimate of drug-likeness (QED) is 0.132. The summed E-state index contributed by atoms with van der Waals surface area (Å²) in [5.41, 5.74) is 15.4. The van der Waals surface area contributed by atoms with E-state index < -0.39 is 0 Å². The van der Waals surface area contributed by atoms with Crippen LogP contribution in [0.1, 0.15) is 17.5 Å². The second-order valence-electron chi connectivity index (χ2n) is 21.5. The number of aromatic nitrogens is 9. The number of fused-ring (bicyclic) bond motifs is 2. The predicted octanol–water partition coefficient (Wildman–Crippen LogP) is 19.5. The van der Waals surface area contributed by atoms with Gasteiger partial charge in [-0.3, -0.25) is 0 Å². The molecule has 0 N–H and O–H groups in total. The highest BCUT2D eigenvalue weighted by Crippen LogP contribution is 2.31. The van der Waals surface area contributed by atoms with Crippen LogP contribution < -0.4 is 0 Å². The van der Waals surface area contributed by atoms with Crippen LogP contribution in [-0.4, -0.2) is 44.9 Å². The van der Waals surface area contributed by atoms with Gasteiger partial charge in [0.1, 0.15) is 17.5 Å². The highest BCUT2D eigenvalue weighted by Gasteiger charge is 2.14. The van der Waals surface area contributed by atoms with Crippen LogP contribution >= 0.6 is 0 Å². The van der Waals surface area contributed by atoms with E-state index >= 15 is 0 Å². The van der Waals surface area contributed by atoms with Crippen LogP contribution in [0.2, 0.25) is 0 Å². The second kappa shape index (κ2) is 26.2. The molecule has 15 aromatic rings. The summed E-state index contributed by atoms with van der Waals surface area (Å²) in [5.74, 6) is 6.30. The first-order chi connectivity index (χ1) is 43.8. The number of aryl methyl sites for hydroxylation is 3. The van der Waals surface area contributed by atoms with Gasteiger partial charge in [0, 0.05) is 33.4 Å². The average molecular weight is 1150 g/mol. The van der Waals surface area contributed by atoms with Gasteiger partial charge in [-0.05, 0) is 99.0 Å². The molecular weight excluding hydrogens is 1090 g/mol. The number of hydrogen-bond acceptors (Lipinski definition) is 9. The van der Waals surface area contributed by atoms with E-state index in [1.54, 1.807) is 0 Å². The Balaban J connectivity index is 0.000000123. The van der Waals surface area contributed by atoms with Crippen molar-refractivity contribution in [3.63, 3.8) is 0 Å². The molecule has 0 spiro atoms. The summed E-state index contributed by atoms with van der Waals surface area (Å²) in [4.78, 5) is 41.6. The lowest BCUT2D eigenvalue weighted by molar-refractivity contribution is 0.991. The van der Waals surface area contributed by atoms with E-state index in [1.165, 1.54) is 66.1 Å². The molecule has 89 heavy (non-hydrogen) atoms. The summed E-state index contributed by atoms with van der Waals surface area (Å²) in [6.07, 6.45) is 0. The first-order valence-electron chi connectivity index (χ1n) is 29.6. The lowest BCUT2D eigenvalue weighted by Crippen LogP contribution is -1.99. The van der Waals surface area contributed by atoms with Crippen molar-refractivity contribution in [1.29, 1.82) is 0 Å². The molecule has 0 atom stereocenters. The summed E-state index contributed by atoms with van der Waals surface area (Å²) < 4.78 is 0. The molecule has 0 saturated heterocycles. The minimum Gasteiger partial charge on any atom is -0.213 e. The van der Waals surface area contributed by atoms with Crippen molar-refractivity contribution in [3.8, 4) is 113 Å². The van der Waals surface area contributed by atoms with Gasteiger partial charge in [0.25, 0.3) is 0 Å². The van der Waals surface area contributed by atoms with Crippen LogP contribution in [-0.2, 0) is 0 Å². The Morgan fingerprint density at radius 1 is 0.146 bits per heavy atom. The Kier molecular flexibility index (Phi) is 16.6. The minimum atomic E-state index is 0.689. The van der Waals surface area contributed by atoms with Crippen molar-refractivity contribution in [2.45, 2.75) is 20.8 Å². The smallest absolute Gasteiger partial charge is 0.163 e. The topological polar surface area (TPSA) is 116 Å². The van der Waals surface area contributed by atoms with Gasteiger partial charge < -0.3 is 0 Å². The van der Waals surface area contributed by atoms with Gasteiger partial charge in [-0.2, -0.15) is 0 Å². The summed E-state index contributed by atoms with van der Waals surface area (Å²) in [5, 5.41) is 4.88. The minimum absolute atomic E-state index is 0.689. The Hall–Kier alpha value is -11.8. The Morgan fingerprint density at radius 3 is 0.652 bits per heavy atom. The molecule has 0 amide bonds. The molecule has 3 heterocycles. The Labute approximate surface area is 518 Å². The van der Waals surface area contributed by atoms with Gasteiger partial charge in [-0.1, -0.05) is 291 Å². The van der Waals surface area contributed by atoms with Crippen molar-refractivity contribution < 1.29 is 0 Å². The van der Waals surface area contributed by atoms with Crippen LogP contribution in [0, 0.1) is 20.8 Å². The summed E-state index contributed by atoms with van der Waals surface area (Å²) in [6, 6.07) is 104. The highest BCUT2D eigenvalue weighted by molar-refractivity contribution is 5.88. The van der Waals surface area contributed by atoms with E-state index in [2.05, 4.69) is 248 Å². The zero-order chi connectivity index (χ0) is 60.3.